The Morgan fingerprint density at radius 2 is 1.80 bits per heavy atom. The maximum Gasteiger partial charge on any atom is 0.162 e. The van der Waals surface area contributed by atoms with Crippen molar-refractivity contribution in [1.82, 2.24) is 0 Å². The van der Waals surface area contributed by atoms with Gasteiger partial charge in [0.1, 0.15) is 0 Å². The number of methoxy groups -OCH3 is 2. The van der Waals surface area contributed by atoms with Crippen molar-refractivity contribution in [3.63, 3.8) is 0 Å². The van der Waals surface area contributed by atoms with Gasteiger partial charge in [-0.2, -0.15) is 0 Å². The zero-order valence-corrected chi connectivity index (χ0v) is 9.46. The van der Waals surface area contributed by atoms with Crippen LogP contribution < -0.4 is 20.5 Å². The number of hydrogen-bond acceptors (Lipinski definition) is 4. The molecule has 0 amide bonds. The average molecular weight is 210 g/mol. The van der Waals surface area contributed by atoms with Crippen molar-refractivity contribution in [2.24, 2.45) is 5.73 Å². The van der Waals surface area contributed by atoms with Crippen molar-refractivity contribution in [3.05, 3.63) is 17.7 Å². The Kier molecular flexibility index (Phi) is 4.24. The molecule has 0 saturated carbocycles. The lowest BCUT2D eigenvalue weighted by Crippen LogP contribution is -2.13. The number of hydrogen-bond donors (Lipinski definition) is 2. The standard InChI is InChI=1S/C11H18N2O2/c1-8-6-10(14-2)11(15-3)7-9(8)13-5-4-12/h6-7,13H,4-5,12H2,1-3H3. The van der Waals surface area contributed by atoms with Crippen LogP contribution in [0.3, 0.4) is 0 Å². The summed E-state index contributed by atoms with van der Waals surface area (Å²) in [6, 6.07) is 3.86. The quantitative estimate of drug-likeness (QED) is 0.771. The Balaban J connectivity index is 2.97. The minimum atomic E-state index is 0.605. The molecule has 4 heteroatoms. The highest BCUT2D eigenvalue weighted by Crippen LogP contribution is 2.32. The minimum Gasteiger partial charge on any atom is -0.493 e. The number of rotatable bonds is 5. The Hall–Kier alpha value is -1.42. The average Bonchev–Trinajstić information content (AvgIpc) is 2.27. The van der Waals surface area contributed by atoms with E-state index < -0.39 is 0 Å². The van der Waals surface area contributed by atoms with Gasteiger partial charge >= 0.3 is 0 Å². The summed E-state index contributed by atoms with van der Waals surface area (Å²) >= 11 is 0. The predicted octanol–water partition coefficient (Wildman–Crippen LogP) is 1.38. The molecular formula is C11H18N2O2. The third-order valence-electron chi connectivity index (χ3n) is 2.19. The molecule has 1 rings (SSSR count). The van der Waals surface area contributed by atoms with Crippen LogP contribution in [0.2, 0.25) is 0 Å². The molecule has 0 atom stereocenters. The maximum atomic E-state index is 5.43. The molecule has 0 fully saturated rings. The predicted molar refractivity (Wildman–Crippen MR) is 61.8 cm³/mol. The van der Waals surface area contributed by atoms with Gasteiger partial charge in [0.2, 0.25) is 0 Å². The molecule has 1 aromatic carbocycles. The van der Waals surface area contributed by atoms with Crippen molar-refractivity contribution in [3.8, 4) is 11.5 Å². The normalized spacial score (nSPS) is 9.87. The zero-order valence-electron chi connectivity index (χ0n) is 9.46. The highest BCUT2D eigenvalue weighted by molar-refractivity contribution is 5.60. The minimum absolute atomic E-state index is 0.605. The largest absolute Gasteiger partial charge is 0.493 e. The summed E-state index contributed by atoms with van der Waals surface area (Å²) in [5.74, 6) is 1.47. The van der Waals surface area contributed by atoms with E-state index in [-0.39, 0.29) is 0 Å². The summed E-state index contributed by atoms with van der Waals surface area (Å²) in [6.45, 7) is 3.37. The molecule has 0 aliphatic carbocycles. The number of nitrogens with two attached hydrogens (primary N) is 1. The van der Waals surface area contributed by atoms with Crippen molar-refractivity contribution >= 4 is 5.69 Å². The molecule has 0 saturated heterocycles. The van der Waals surface area contributed by atoms with Gasteiger partial charge in [0.25, 0.3) is 0 Å². The third kappa shape index (κ3) is 2.76. The monoisotopic (exact) mass is 210 g/mol. The molecular weight excluding hydrogens is 192 g/mol. The van der Waals surface area contributed by atoms with E-state index in [9.17, 15) is 0 Å². The molecule has 0 spiro atoms. The van der Waals surface area contributed by atoms with Crippen LogP contribution in [-0.2, 0) is 0 Å². The molecule has 84 valence electrons. The van der Waals surface area contributed by atoms with Gasteiger partial charge < -0.3 is 20.5 Å². The second-order valence-corrected chi connectivity index (χ2v) is 3.24. The van der Waals surface area contributed by atoms with Crippen LogP contribution in [0.1, 0.15) is 5.56 Å². The van der Waals surface area contributed by atoms with E-state index in [1.54, 1.807) is 14.2 Å². The van der Waals surface area contributed by atoms with Gasteiger partial charge in [-0.25, -0.2) is 0 Å². The van der Waals surface area contributed by atoms with Crippen LogP contribution in [0.25, 0.3) is 0 Å². The molecule has 0 heterocycles. The molecule has 0 bridgehead atoms. The van der Waals surface area contributed by atoms with Crippen molar-refractivity contribution in [2.75, 3.05) is 32.6 Å². The van der Waals surface area contributed by atoms with Gasteiger partial charge in [-0.05, 0) is 18.6 Å². The Bertz CT molecular complexity index is 327. The molecule has 0 radical (unpaired) electrons. The molecule has 4 nitrogen and oxygen atoms in total. The molecule has 0 aliphatic heterocycles. The lowest BCUT2D eigenvalue weighted by Gasteiger charge is -2.13. The summed E-state index contributed by atoms with van der Waals surface area (Å²) < 4.78 is 10.4. The Labute approximate surface area is 90.4 Å². The third-order valence-corrected chi connectivity index (χ3v) is 2.19. The van der Waals surface area contributed by atoms with E-state index in [1.165, 1.54) is 0 Å². The van der Waals surface area contributed by atoms with E-state index >= 15 is 0 Å². The number of ether oxygens (including phenoxy) is 2. The zero-order chi connectivity index (χ0) is 11.3. The first-order valence-corrected chi connectivity index (χ1v) is 4.89. The van der Waals surface area contributed by atoms with E-state index in [2.05, 4.69) is 5.32 Å². The fourth-order valence-electron chi connectivity index (χ4n) is 1.38. The fraction of sp³-hybridized carbons (Fsp3) is 0.455. The molecule has 0 aliphatic rings. The van der Waals surface area contributed by atoms with Gasteiger partial charge in [-0.3, -0.25) is 0 Å². The first-order chi connectivity index (χ1) is 7.22. The van der Waals surface area contributed by atoms with Crippen LogP contribution in [-0.4, -0.2) is 27.3 Å². The van der Waals surface area contributed by atoms with Crippen molar-refractivity contribution in [2.45, 2.75) is 6.92 Å². The fourth-order valence-corrected chi connectivity index (χ4v) is 1.38. The molecule has 1 aromatic rings. The van der Waals surface area contributed by atoms with Crippen LogP contribution in [0.15, 0.2) is 12.1 Å². The van der Waals surface area contributed by atoms with Crippen LogP contribution >= 0.6 is 0 Å². The summed E-state index contributed by atoms with van der Waals surface area (Å²) in [4.78, 5) is 0. The highest BCUT2D eigenvalue weighted by Gasteiger charge is 2.07. The van der Waals surface area contributed by atoms with Gasteiger partial charge in [0.05, 0.1) is 14.2 Å². The lowest BCUT2D eigenvalue weighted by molar-refractivity contribution is 0.355. The van der Waals surface area contributed by atoms with Gasteiger partial charge in [-0.15, -0.1) is 0 Å². The van der Waals surface area contributed by atoms with Crippen LogP contribution in [0.4, 0.5) is 5.69 Å². The Morgan fingerprint density at radius 3 is 2.33 bits per heavy atom. The van der Waals surface area contributed by atoms with E-state index in [1.807, 2.05) is 19.1 Å². The number of benzene rings is 1. The topological polar surface area (TPSA) is 56.5 Å². The SMILES string of the molecule is COc1cc(C)c(NCCN)cc1OC. The first-order valence-electron chi connectivity index (χ1n) is 4.89. The second kappa shape index (κ2) is 5.46. The summed E-state index contributed by atoms with van der Waals surface area (Å²) in [5.41, 5.74) is 7.57. The second-order valence-electron chi connectivity index (χ2n) is 3.24. The van der Waals surface area contributed by atoms with E-state index in [0.717, 1.165) is 29.3 Å². The van der Waals surface area contributed by atoms with Gasteiger partial charge in [0, 0.05) is 24.8 Å². The molecule has 0 unspecified atom stereocenters. The molecule has 15 heavy (non-hydrogen) atoms. The van der Waals surface area contributed by atoms with E-state index in [4.69, 9.17) is 15.2 Å². The first kappa shape index (κ1) is 11.7. The summed E-state index contributed by atoms with van der Waals surface area (Å²) in [5, 5.41) is 3.23. The smallest absolute Gasteiger partial charge is 0.162 e. The lowest BCUT2D eigenvalue weighted by atomic mass is 10.1. The number of nitrogens with one attached hydrogen (secondary N) is 1. The van der Waals surface area contributed by atoms with Gasteiger partial charge in [0.15, 0.2) is 11.5 Å². The van der Waals surface area contributed by atoms with Crippen LogP contribution in [0, 0.1) is 6.92 Å². The van der Waals surface area contributed by atoms with Crippen LogP contribution in [0.5, 0.6) is 11.5 Å². The van der Waals surface area contributed by atoms with Crippen molar-refractivity contribution in [1.29, 1.82) is 0 Å². The highest BCUT2D eigenvalue weighted by atomic mass is 16.5. The summed E-state index contributed by atoms with van der Waals surface area (Å²) in [7, 11) is 3.25. The molecule has 3 N–H and O–H groups in total. The number of aryl methyl sites for hydroxylation is 1. The number of anilines is 1. The Morgan fingerprint density at radius 1 is 1.20 bits per heavy atom. The van der Waals surface area contributed by atoms with Gasteiger partial charge in [-0.1, -0.05) is 0 Å². The maximum absolute atomic E-state index is 5.43. The van der Waals surface area contributed by atoms with E-state index in [0.29, 0.717) is 6.54 Å². The molecule has 0 aromatic heterocycles. The summed E-state index contributed by atoms with van der Waals surface area (Å²) in [6.07, 6.45) is 0. The van der Waals surface area contributed by atoms with Crippen molar-refractivity contribution < 1.29 is 9.47 Å².